The molecule has 1 aromatic carbocycles. The van der Waals surface area contributed by atoms with Gasteiger partial charge in [0.2, 0.25) is 0 Å². The predicted molar refractivity (Wildman–Crippen MR) is 138 cm³/mol. The molecule has 0 bridgehead atoms. The number of aryl methyl sites for hydroxylation is 3. The Kier molecular flexibility index (Phi) is 7.38. The first-order valence-corrected chi connectivity index (χ1v) is 12.5. The first-order valence-electron chi connectivity index (χ1n) is 12.5. The molecule has 1 aliphatic rings. The van der Waals surface area contributed by atoms with Gasteiger partial charge in [0.1, 0.15) is 17.7 Å². The summed E-state index contributed by atoms with van der Waals surface area (Å²) in [6.45, 7) is 10.8. The number of carbonyl (C=O) groups excluding carboxylic acids is 1. The van der Waals surface area contributed by atoms with E-state index in [0.29, 0.717) is 5.82 Å². The normalized spacial score (nSPS) is 15.4. The number of hydrogen-bond donors (Lipinski definition) is 2. The molecule has 4 rings (SSSR count). The zero-order valence-corrected chi connectivity index (χ0v) is 21.4. The summed E-state index contributed by atoms with van der Waals surface area (Å²) in [5.74, 6) is 1.50. The van der Waals surface area contributed by atoms with Crippen molar-refractivity contribution in [1.82, 2.24) is 25.1 Å². The first-order chi connectivity index (χ1) is 16.8. The zero-order valence-electron chi connectivity index (χ0n) is 21.4. The number of alkyl carbamates (subject to hydrolysis) is 1. The summed E-state index contributed by atoms with van der Waals surface area (Å²) < 4.78 is 7.51. The molecule has 2 aromatic heterocycles. The Hall–Kier alpha value is -3.42. The van der Waals surface area contributed by atoms with E-state index in [1.807, 2.05) is 26.8 Å². The highest BCUT2D eigenvalue weighted by atomic mass is 16.6. The molecule has 0 saturated heterocycles. The van der Waals surface area contributed by atoms with Gasteiger partial charge < -0.3 is 15.4 Å². The van der Waals surface area contributed by atoms with Crippen LogP contribution in [0.5, 0.6) is 0 Å². The monoisotopic (exact) mass is 476 g/mol. The van der Waals surface area contributed by atoms with Gasteiger partial charge in [0.25, 0.3) is 0 Å². The molecule has 1 unspecified atom stereocenters. The summed E-state index contributed by atoms with van der Waals surface area (Å²) in [6.07, 6.45) is 6.05. The molecule has 2 N–H and O–H groups in total. The highest BCUT2D eigenvalue weighted by molar-refractivity contribution is 5.69. The maximum Gasteiger partial charge on any atom is 0.408 e. The van der Waals surface area contributed by atoms with Gasteiger partial charge in [-0.2, -0.15) is 5.10 Å². The summed E-state index contributed by atoms with van der Waals surface area (Å²) >= 11 is 0. The zero-order chi connectivity index (χ0) is 25.0. The molecule has 1 atom stereocenters. The fourth-order valence-corrected chi connectivity index (χ4v) is 4.49. The molecule has 8 nitrogen and oxygen atoms in total. The Morgan fingerprint density at radius 2 is 1.97 bits per heavy atom. The van der Waals surface area contributed by atoms with E-state index in [-0.39, 0.29) is 12.1 Å². The van der Waals surface area contributed by atoms with Crippen LogP contribution in [0.1, 0.15) is 76.7 Å². The van der Waals surface area contributed by atoms with Crippen LogP contribution in [0.15, 0.2) is 36.7 Å². The topological polar surface area (TPSA) is 94.0 Å². The fourth-order valence-electron chi connectivity index (χ4n) is 4.49. The summed E-state index contributed by atoms with van der Waals surface area (Å²) in [5.41, 5.74) is 4.93. The third-order valence-corrected chi connectivity index (χ3v) is 6.03. The third-order valence-electron chi connectivity index (χ3n) is 6.03. The maximum atomic E-state index is 12.3. The number of amides is 1. The molecule has 3 aromatic rings. The molecular weight excluding hydrogens is 440 g/mol. The van der Waals surface area contributed by atoms with E-state index in [9.17, 15) is 4.79 Å². The Labute approximate surface area is 207 Å². The quantitative estimate of drug-likeness (QED) is 0.437. The van der Waals surface area contributed by atoms with Gasteiger partial charge in [-0.25, -0.2) is 14.8 Å². The van der Waals surface area contributed by atoms with Crippen LogP contribution < -0.4 is 10.6 Å². The second-order valence-electron chi connectivity index (χ2n) is 10.0. The molecule has 0 radical (unpaired) electrons. The Morgan fingerprint density at radius 1 is 1.14 bits per heavy atom. The second kappa shape index (κ2) is 10.5. The average molecular weight is 477 g/mol. The fraction of sp³-hybridized carbons (Fsp3) is 0.481. The average Bonchev–Trinajstić information content (AvgIpc) is 3.19. The van der Waals surface area contributed by atoms with Gasteiger partial charge in [-0.05, 0) is 70.1 Å². The van der Waals surface area contributed by atoms with Crippen molar-refractivity contribution >= 4 is 17.7 Å². The van der Waals surface area contributed by atoms with Crippen LogP contribution in [0.2, 0.25) is 0 Å². The van der Waals surface area contributed by atoms with E-state index in [1.165, 1.54) is 11.3 Å². The molecule has 0 saturated carbocycles. The summed E-state index contributed by atoms with van der Waals surface area (Å²) in [4.78, 5) is 21.2. The predicted octanol–water partition coefficient (Wildman–Crippen LogP) is 5.96. The van der Waals surface area contributed by atoms with Gasteiger partial charge in [0.05, 0.1) is 11.7 Å². The van der Waals surface area contributed by atoms with Crippen molar-refractivity contribution in [3.63, 3.8) is 0 Å². The number of nitrogens with one attached hydrogen (secondary N) is 2. The van der Waals surface area contributed by atoms with Crippen molar-refractivity contribution in [2.45, 2.75) is 84.9 Å². The van der Waals surface area contributed by atoms with Crippen molar-refractivity contribution in [2.24, 2.45) is 0 Å². The lowest BCUT2D eigenvalue weighted by Crippen LogP contribution is -2.36. The van der Waals surface area contributed by atoms with Gasteiger partial charge in [-0.15, -0.1) is 0 Å². The number of aromatic nitrogens is 4. The van der Waals surface area contributed by atoms with Crippen LogP contribution in [-0.4, -0.2) is 31.4 Å². The van der Waals surface area contributed by atoms with Crippen molar-refractivity contribution in [1.29, 1.82) is 0 Å². The largest absolute Gasteiger partial charge is 0.444 e. The molecule has 0 fully saturated rings. The minimum absolute atomic E-state index is 0.0451. The van der Waals surface area contributed by atoms with Gasteiger partial charge in [-0.3, -0.25) is 4.68 Å². The van der Waals surface area contributed by atoms with Gasteiger partial charge >= 0.3 is 6.09 Å². The third kappa shape index (κ3) is 6.18. The Bertz CT molecular complexity index is 1180. The molecule has 1 aliphatic carbocycles. The van der Waals surface area contributed by atoms with Gasteiger partial charge in [0.15, 0.2) is 5.82 Å². The van der Waals surface area contributed by atoms with Crippen LogP contribution in [0, 0.1) is 0 Å². The lowest BCUT2D eigenvalue weighted by atomic mass is 9.86. The number of anilines is 2. The Balaban J connectivity index is 1.52. The number of hydrogen-bond acceptors (Lipinski definition) is 6. The van der Waals surface area contributed by atoms with E-state index in [2.05, 4.69) is 68.5 Å². The Morgan fingerprint density at radius 3 is 2.71 bits per heavy atom. The highest BCUT2D eigenvalue weighted by Gasteiger charge is 2.25. The summed E-state index contributed by atoms with van der Waals surface area (Å²) in [7, 11) is 0. The van der Waals surface area contributed by atoms with Gasteiger partial charge in [-0.1, -0.05) is 26.0 Å². The van der Waals surface area contributed by atoms with E-state index in [0.717, 1.165) is 61.3 Å². The van der Waals surface area contributed by atoms with Crippen molar-refractivity contribution in [3.8, 4) is 11.3 Å². The van der Waals surface area contributed by atoms with Crippen molar-refractivity contribution in [2.75, 3.05) is 5.32 Å². The molecule has 186 valence electrons. The van der Waals surface area contributed by atoms with Crippen LogP contribution in [0.25, 0.3) is 11.3 Å². The van der Waals surface area contributed by atoms with Gasteiger partial charge in [0, 0.05) is 29.9 Å². The maximum absolute atomic E-state index is 12.3. The second-order valence-corrected chi connectivity index (χ2v) is 10.0. The lowest BCUT2D eigenvalue weighted by Gasteiger charge is -2.28. The number of benzene rings is 1. The molecule has 1 amide bonds. The van der Waals surface area contributed by atoms with Crippen LogP contribution >= 0.6 is 0 Å². The van der Waals surface area contributed by atoms with Crippen LogP contribution in [0.4, 0.5) is 16.4 Å². The minimum atomic E-state index is -0.517. The summed E-state index contributed by atoms with van der Waals surface area (Å²) in [5, 5.41) is 11.1. The smallest absolute Gasteiger partial charge is 0.408 e. The first kappa shape index (κ1) is 24.7. The SMILES string of the molecule is CCCn1nc(Nc2cc(-c3ccc4c(c3)CCCC4NC(=O)OC(C)(C)C)ncn2)cc1CC. The number of nitrogens with zero attached hydrogens (tertiary/aromatic N) is 4. The molecule has 2 heterocycles. The molecule has 0 spiro atoms. The standard InChI is InChI=1S/C27H36N6O2/c1-6-13-33-20(7-2)15-25(32-33)31-24-16-23(28-17-29-24)19-11-12-21-18(14-19)9-8-10-22(21)30-26(34)35-27(3,4)5/h11-12,14-17,22H,6-10,13H2,1-5H3,(H,30,34)(H,28,29,31,32). The van der Waals surface area contributed by atoms with Crippen molar-refractivity contribution in [3.05, 3.63) is 53.5 Å². The number of carbonyl (C=O) groups is 1. The number of fused-ring (bicyclic) bond motifs is 1. The lowest BCUT2D eigenvalue weighted by molar-refractivity contribution is 0.0498. The highest BCUT2D eigenvalue weighted by Crippen LogP contribution is 2.33. The number of ether oxygens (including phenoxy) is 1. The van der Waals surface area contributed by atoms with Crippen molar-refractivity contribution < 1.29 is 9.53 Å². The van der Waals surface area contributed by atoms with E-state index < -0.39 is 5.60 Å². The summed E-state index contributed by atoms with van der Waals surface area (Å²) in [6, 6.07) is 10.3. The van der Waals surface area contributed by atoms with E-state index in [4.69, 9.17) is 4.74 Å². The molecule has 35 heavy (non-hydrogen) atoms. The number of rotatable bonds is 7. The molecular formula is C27H36N6O2. The van der Waals surface area contributed by atoms with E-state index >= 15 is 0 Å². The molecule has 8 heteroatoms. The van der Waals surface area contributed by atoms with Crippen LogP contribution in [-0.2, 0) is 24.1 Å². The van der Waals surface area contributed by atoms with Crippen LogP contribution in [0.3, 0.4) is 0 Å². The minimum Gasteiger partial charge on any atom is -0.444 e. The van der Waals surface area contributed by atoms with E-state index in [1.54, 1.807) is 6.33 Å². The molecule has 0 aliphatic heterocycles.